The van der Waals surface area contributed by atoms with Gasteiger partial charge >= 0.3 is 13.8 Å². The average molecular weight is 770 g/mol. The minimum atomic E-state index is -4.42. The van der Waals surface area contributed by atoms with Gasteiger partial charge in [0.1, 0.15) is 12.7 Å². The van der Waals surface area contributed by atoms with Gasteiger partial charge in [0.15, 0.2) is 0 Å². The molecule has 0 aromatic heterocycles. The molecule has 0 aliphatic heterocycles. The predicted molar refractivity (Wildman–Crippen MR) is 220 cm³/mol. The van der Waals surface area contributed by atoms with Gasteiger partial charge in [0.05, 0.1) is 13.2 Å². The van der Waals surface area contributed by atoms with Gasteiger partial charge in [-0.1, -0.05) is 172 Å². The number of rotatable bonds is 40. The molecule has 53 heavy (non-hydrogen) atoms. The van der Waals surface area contributed by atoms with Crippen molar-refractivity contribution in [2.75, 3.05) is 26.4 Å². The standard InChI is InChI=1S/C43H80NO8P/c1-3-5-7-9-11-13-15-17-19-20-22-23-25-27-29-31-33-35-42(46)44-37-38-51-53(48,49)52-40-41(45)39-50-43(47)36-34-32-30-28-26-24-21-18-16-14-12-10-8-6-4-2/h5,7,11,13,17,19,41,45H,3-4,6,8-10,12,14-16,18,20-40H2,1-2H3,(H,44,46)(H,48,49)/b7-5-,13-11-,19-17-. The summed E-state index contributed by atoms with van der Waals surface area (Å²) in [4.78, 5) is 33.9. The molecular formula is C43H80NO8P. The third-order valence-electron chi connectivity index (χ3n) is 9.08. The number of phosphoric ester groups is 1. The van der Waals surface area contributed by atoms with E-state index in [4.69, 9.17) is 13.8 Å². The zero-order valence-electron chi connectivity index (χ0n) is 34.0. The highest BCUT2D eigenvalue weighted by Crippen LogP contribution is 2.42. The number of carbonyl (C=O) groups excluding carboxylic acids is 2. The summed E-state index contributed by atoms with van der Waals surface area (Å²) < 4.78 is 26.9. The van der Waals surface area contributed by atoms with Gasteiger partial charge in [-0.25, -0.2) is 4.57 Å². The molecule has 3 N–H and O–H groups in total. The molecule has 2 atom stereocenters. The number of esters is 1. The lowest BCUT2D eigenvalue weighted by Gasteiger charge is -2.15. The van der Waals surface area contributed by atoms with E-state index in [1.165, 1.54) is 103 Å². The molecule has 0 aromatic rings. The first-order valence-corrected chi connectivity index (χ1v) is 23.0. The Morgan fingerprint density at radius 3 is 1.62 bits per heavy atom. The van der Waals surface area contributed by atoms with E-state index in [9.17, 15) is 24.2 Å². The van der Waals surface area contributed by atoms with Crippen LogP contribution in [0.15, 0.2) is 36.5 Å². The lowest BCUT2D eigenvalue weighted by Crippen LogP contribution is -2.27. The Labute approximate surface area is 324 Å². The molecule has 0 fully saturated rings. The number of aliphatic hydroxyl groups excluding tert-OH is 1. The van der Waals surface area contributed by atoms with Crippen LogP contribution < -0.4 is 5.32 Å². The Kier molecular flexibility index (Phi) is 38.6. The molecule has 0 spiro atoms. The molecule has 0 aliphatic carbocycles. The van der Waals surface area contributed by atoms with Crippen molar-refractivity contribution in [3.05, 3.63) is 36.5 Å². The number of unbranched alkanes of at least 4 members (excludes halogenated alkanes) is 21. The highest BCUT2D eigenvalue weighted by atomic mass is 31.2. The summed E-state index contributed by atoms with van der Waals surface area (Å²) in [7, 11) is -4.42. The summed E-state index contributed by atoms with van der Waals surface area (Å²) in [6, 6.07) is 0. The second-order valence-electron chi connectivity index (χ2n) is 14.3. The second-order valence-corrected chi connectivity index (χ2v) is 15.7. The van der Waals surface area contributed by atoms with Crippen molar-refractivity contribution in [3.63, 3.8) is 0 Å². The van der Waals surface area contributed by atoms with Crippen molar-refractivity contribution >= 4 is 19.7 Å². The zero-order chi connectivity index (χ0) is 38.9. The third-order valence-corrected chi connectivity index (χ3v) is 10.1. The van der Waals surface area contributed by atoms with Crippen molar-refractivity contribution in [2.24, 2.45) is 0 Å². The topological polar surface area (TPSA) is 131 Å². The third kappa shape index (κ3) is 41.2. The Morgan fingerprint density at radius 1 is 0.604 bits per heavy atom. The second kappa shape index (κ2) is 39.9. The molecular weight excluding hydrogens is 689 g/mol. The normalized spacial score (nSPS) is 13.7. The number of phosphoric acid groups is 1. The zero-order valence-corrected chi connectivity index (χ0v) is 34.9. The van der Waals surface area contributed by atoms with Gasteiger partial charge < -0.3 is 20.1 Å². The summed E-state index contributed by atoms with van der Waals surface area (Å²) in [6.45, 7) is 3.44. The number of nitrogens with one attached hydrogen (secondary N) is 1. The van der Waals surface area contributed by atoms with E-state index in [0.29, 0.717) is 6.42 Å². The van der Waals surface area contributed by atoms with Crippen LogP contribution >= 0.6 is 7.82 Å². The van der Waals surface area contributed by atoms with Crippen LogP contribution in [0, 0.1) is 0 Å². The number of allylic oxidation sites excluding steroid dienone is 6. The molecule has 0 aliphatic rings. The Bertz CT molecular complexity index is 970. The summed E-state index contributed by atoms with van der Waals surface area (Å²) in [6.07, 6.45) is 43.5. The van der Waals surface area contributed by atoms with E-state index in [1.807, 2.05) is 0 Å². The van der Waals surface area contributed by atoms with Crippen LogP contribution in [0.25, 0.3) is 0 Å². The first-order valence-electron chi connectivity index (χ1n) is 21.5. The van der Waals surface area contributed by atoms with Crippen LogP contribution in [-0.4, -0.2) is 54.3 Å². The maximum atomic E-state index is 12.1. The van der Waals surface area contributed by atoms with E-state index >= 15 is 0 Å². The average Bonchev–Trinajstić information content (AvgIpc) is 3.14. The monoisotopic (exact) mass is 770 g/mol. The highest BCUT2D eigenvalue weighted by molar-refractivity contribution is 7.47. The molecule has 0 aromatic carbocycles. The van der Waals surface area contributed by atoms with Gasteiger partial charge in [-0.15, -0.1) is 0 Å². The van der Waals surface area contributed by atoms with Crippen LogP contribution in [0.3, 0.4) is 0 Å². The van der Waals surface area contributed by atoms with E-state index in [0.717, 1.165) is 64.2 Å². The number of ether oxygens (including phenoxy) is 1. The lowest BCUT2D eigenvalue weighted by molar-refractivity contribution is -0.147. The number of aliphatic hydroxyl groups is 1. The Morgan fingerprint density at radius 2 is 1.08 bits per heavy atom. The van der Waals surface area contributed by atoms with E-state index in [-0.39, 0.29) is 32.1 Å². The van der Waals surface area contributed by atoms with Gasteiger partial charge in [-0.05, 0) is 44.9 Å². The summed E-state index contributed by atoms with van der Waals surface area (Å²) >= 11 is 0. The molecule has 9 nitrogen and oxygen atoms in total. The van der Waals surface area contributed by atoms with Crippen LogP contribution in [0.1, 0.15) is 194 Å². The number of hydrogen-bond donors (Lipinski definition) is 3. The van der Waals surface area contributed by atoms with Gasteiger partial charge in [0.25, 0.3) is 0 Å². The van der Waals surface area contributed by atoms with Gasteiger partial charge in [-0.3, -0.25) is 18.6 Å². The summed E-state index contributed by atoms with van der Waals surface area (Å²) in [5.74, 6) is -0.523. The van der Waals surface area contributed by atoms with Crippen LogP contribution in [0.5, 0.6) is 0 Å². The number of hydrogen-bond acceptors (Lipinski definition) is 7. The molecule has 0 radical (unpaired) electrons. The van der Waals surface area contributed by atoms with Gasteiger partial charge in [0, 0.05) is 19.4 Å². The van der Waals surface area contributed by atoms with Crippen molar-refractivity contribution in [1.82, 2.24) is 5.32 Å². The minimum Gasteiger partial charge on any atom is -0.463 e. The molecule has 1 amide bonds. The molecule has 0 heterocycles. The minimum absolute atomic E-state index is 0.0766. The van der Waals surface area contributed by atoms with Crippen LogP contribution in [0.2, 0.25) is 0 Å². The Balaban J connectivity index is 3.60. The quantitative estimate of drug-likeness (QED) is 0.0243. The molecule has 310 valence electrons. The van der Waals surface area contributed by atoms with E-state index in [2.05, 4.69) is 55.6 Å². The van der Waals surface area contributed by atoms with Crippen molar-refractivity contribution in [2.45, 2.75) is 200 Å². The summed E-state index contributed by atoms with van der Waals surface area (Å²) in [5.41, 5.74) is 0. The lowest BCUT2D eigenvalue weighted by atomic mass is 10.0. The fraction of sp³-hybridized carbons (Fsp3) is 0.814. The molecule has 0 saturated heterocycles. The number of carbonyl (C=O) groups is 2. The van der Waals surface area contributed by atoms with Gasteiger partial charge in [0.2, 0.25) is 5.91 Å². The highest BCUT2D eigenvalue weighted by Gasteiger charge is 2.23. The first kappa shape index (κ1) is 51.2. The SMILES string of the molecule is CC/C=C\C/C=C\C/C=C\CCCCCCCCCC(=O)NCCOP(=O)(O)OCC(O)COC(=O)CCCCCCCCCCCCCCCCC. The first-order chi connectivity index (χ1) is 25.8. The van der Waals surface area contributed by atoms with E-state index < -0.39 is 26.5 Å². The smallest absolute Gasteiger partial charge is 0.463 e. The van der Waals surface area contributed by atoms with Crippen molar-refractivity contribution < 1.29 is 37.9 Å². The maximum absolute atomic E-state index is 12.1. The van der Waals surface area contributed by atoms with E-state index in [1.54, 1.807) is 0 Å². The van der Waals surface area contributed by atoms with Crippen LogP contribution in [-0.2, 0) is 27.9 Å². The number of amides is 1. The fourth-order valence-corrected chi connectivity index (χ4v) is 6.62. The van der Waals surface area contributed by atoms with Crippen molar-refractivity contribution in [1.29, 1.82) is 0 Å². The van der Waals surface area contributed by atoms with Crippen LogP contribution in [0.4, 0.5) is 0 Å². The predicted octanol–water partition coefficient (Wildman–Crippen LogP) is 11.8. The van der Waals surface area contributed by atoms with Crippen molar-refractivity contribution in [3.8, 4) is 0 Å². The summed E-state index contributed by atoms with van der Waals surface area (Å²) in [5, 5.41) is 12.7. The largest absolute Gasteiger partial charge is 0.472 e. The Hall–Kier alpha value is -1.77. The van der Waals surface area contributed by atoms with Gasteiger partial charge in [-0.2, -0.15) is 0 Å². The molecule has 10 heteroatoms. The molecule has 0 saturated carbocycles. The molecule has 0 bridgehead atoms. The maximum Gasteiger partial charge on any atom is 0.472 e. The fourth-order valence-electron chi connectivity index (χ4n) is 5.87. The molecule has 2 unspecified atom stereocenters. The molecule has 0 rings (SSSR count).